The maximum Gasteiger partial charge on any atom is 0.338 e. The Morgan fingerprint density at radius 2 is 1.47 bits per heavy atom. The average molecular weight is 404 g/mol. The smallest absolute Gasteiger partial charge is 0.338 e. The Balaban J connectivity index is 1.61. The Labute approximate surface area is 176 Å². The van der Waals surface area contributed by atoms with E-state index in [4.69, 9.17) is 14.2 Å². The van der Waals surface area contributed by atoms with Gasteiger partial charge in [-0.3, -0.25) is 4.79 Å². The molecule has 154 valence electrons. The lowest BCUT2D eigenvalue weighted by Gasteiger charge is -2.11. The van der Waals surface area contributed by atoms with Crippen molar-refractivity contribution >= 4 is 11.8 Å². The van der Waals surface area contributed by atoms with Crippen LogP contribution < -0.4 is 9.47 Å². The Kier molecular flexibility index (Phi) is 7.22. The first-order valence-electron chi connectivity index (χ1n) is 9.79. The van der Waals surface area contributed by atoms with E-state index < -0.39 is 5.97 Å². The number of ketones is 1. The van der Waals surface area contributed by atoms with Gasteiger partial charge in [0.1, 0.15) is 0 Å². The minimum Gasteiger partial charge on any atom is -0.493 e. The van der Waals surface area contributed by atoms with Gasteiger partial charge in [0.05, 0.1) is 19.3 Å². The maximum atomic E-state index is 12.4. The van der Waals surface area contributed by atoms with E-state index in [0.717, 1.165) is 17.5 Å². The van der Waals surface area contributed by atoms with Gasteiger partial charge in [-0.1, -0.05) is 61.5 Å². The number of methoxy groups -OCH3 is 1. The summed E-state index contributed by atoms with van der Waals surface area (Å²) in [5, 5.41) is 0. The second-order valence-electron chi connectivity index (χ2n) is 6.66. The van der Waals surface area contributed by atoms with E-state index in [1.165, 1.54) is 7.11 Å². The number of esters is 1. The second-order valence-corrected chi connectivity index (χ2v) is 6.66. The molecule has 0 aliphatic rings. The van der Waals surface area contributed by atoms with E-state index in [2.05, 4.69) is 0 Å². The zero-order valence-electron chi connectivity index (χ0n) is 17.1. The number of benzene rings is 3. The highest BCUT2D eigenvalue weighted by Gasteiger charge is 2.15. The third kappa shape index (κ3) is 5.26. The minimum atomic E-state index is -0.593. The molecule has 0 unspecified atom stereocenters. The van der Waals surface area contributed by atoms with Gasteiger partial charge >= 0.3 is 5.97 Å². The molecule has 0 saturated carbocycles. The number of hydrogen-bond acceptors (Lipinski definition) is 5. The zero-order valence-corrected chi connectivity index (χ0v) is 17.1. The van der Waals surface area contributed by atoms with Crippen molar-refractivity contribution in [1.82, 2.24) is 0 Å². The van der Waals surface area contributed by atoms with Crippen molar-refractivity contribution in [3.8, 4) is 22.6 Å². The summed E-state index contributed by atoms with van der Waals surface area (Å²) in [7, 11) is 1.51. The van der Waals surface area contributed by atoms with E-state index in [9.17, 15) is 9.59 Å². The zero-order chi connectivity index (χ0) is 21.3. The molecule has 0 aliphatic carbocycles. The van der Waals surface area contributed by atoms with Crippen LogP contribution in [-0.4, -0.2) is 32.1 Å². The fourth-order valence-electron chi connectivity index (χ4n) is 2.90. The first-order valence-corrected chi connectivity index (χ1v) is 9.79. The number of carbonyl (C=O) groups is 2. The van der Waals surface area contributed by atoms with E-state index >= 15 is 0 Å². The predicted molar refractivity (Wildman–Crippen MR) is 115 cm³/mol. The van der Waals surface area contributed by atoms with Gasteiger partial charge < -0.3 is 14.2 Å². The second kappa shape index (κ2) is 10.3. The summed E-state index contributed by atoms with van der Waals surface area (Å²) in [5.74, 6) is 0.147. The van der Waals surface area contributed by atoms with Crippen LogP contribution in [0.25, 0.3) is 11.1 Å². The number of rotatable bonds is 9. The van der Waals surface area contributed by atoms with Gasteiger partial charge in [0.25, 0.3) is 0 Å². The summed E-state index contributed by atoms with van der Waals surface area (Å²) in [5.41, 5.74) is 2.87. The fraction of sp³-hybridized carbons (Fsp3) is 0.200. The molecule has 0 saturated heterocycles. The summed E-state index contributed by atoms with van der Waals surface area (Å²) in [6.45, 7) is 2.22. The van der Waals surface area contributed by atoms with Crippen LogP contribution in [0.15, 0.2) is 72.8 Å². The average Bonchev–Trinajstić information content (AvgIpc) is 2.81. The molecule has 0 spiro atoms. The highest BCUT2D eigenvalue weighted by atomic mass is 16.5. The number of Topliss-reactive ketones (excluding diaryl/α,β-unsaturated/α-hetero) is 1. The van der Waals surface area contributed by atoms with Crippen LogP contribution in [0.2, 0.25) is 0 Å². The molecule has 0 N–H and O–H groups in total. The predicted octanol–water partition coefficient (Wildman–Crippen LogP) is 5.19. The third-order valence-corrected chi connectivity index (χ3v) is 4.51. The SMILES string of the molecule is CCCOc1ccc(C(=O)OCC(=O)c2ccc(-c3ccccc3)cc2)cc1OC. The van der Waals surface area contributed by atoms with Crippen molar-refractivity contribution in [2.45, 2.75) is 13.3 Å². The molecule has 5 nitrogen and oxygen atoms in total. The first kappa shape index (κ1) is 21.1. The molecule has 5 heteroatoms. The van der Waals surface area contributed by atoms with Gasteiger partial charge in [-0.15, -0.1) is 0 Å². The molecule has 30 heavy (non-hydrogen) atoms. The summed E-state index contributed by atoms with van der Waals surface area (Å²) in [6, 6.07) is 21.9. The maximum absolute atomic E-state index is 12.4. The monoisotopic (exact) mass is 404 g/mol. The Hall–Kier alpha value is -3.60. The molecule has 3 aromatic rings. The number of carbonyl (C=O) groups excluding carboxylic acids is 2. The largest absolute Gasteiger partial charge is 0.493 e. The molecule has 0 fully saturated rings. The summed E-state index contributed by atoms with van der Waals surface area (Å²) in [6.07, 6.45) is 0.862. The highest BCUT2D eigenvalue weighted by Crippen LogP contribution is 2.28. The van der Waals surface area contributed by atoms with Crippen molar-refractivity contribution in [1.29, 1.82) is 0 Å². The number of hydrogen-bond donors (Lipinski definition) is 0. The molecular formula is C25H24O5. The summed E-state index contributed by atoms with van der Waals surface area (Å²) < 4.78 is 16.0. The molecular weight excluding hydrogens is 380 g/mol. The van der Waals surface area contributed by atoms with Gasteiger partial charge in [0.15, 0.2) is 23.9 Å². The van der Waals surface area contributed by atoms with Gasteiger partial charge in [-0.25, -0.2) is 4.79 Å². The molecule has 0 aromatic heterocycles. The summed E-state index contributed by atoms with van der Waals surface area (Å²) in [4.78, 5) is 24.7. The van der Waals surface area contributed by atoms with Gasteiger partial charge in [-0.2, -0.15) is 0 Å². The topological polar surface area (TPSA) is 61.8 Å². The normalized spacial score (nSPS) is 10.3. The van der Waals surface area contributed by atoms with E-state index in [1.807, 2.05) is 49.4 Å². The Morgan fingerprint density at radius 1 is 0.800 bits per heavy atom. The molecule has 0 radical (unpaired) electrons. The van der Waals surface area contributed by atoms with Crippen molar-refractivity contribution in [2.24, 2.45) is 0 Å². The van der Waals surface area contributed by atoms with Gasteiger partial charge in [-0.05, 0) is 35.7 Å². The Morgan fingerprint density at radius 3 is 2.13 bits per heavy atom. The van der Waals surface area contributed by atoms with Crippen LogP contribution >= 0.6 is 0 Å². The highest BCUT2D eigenvalue weighted by molar-refractivity contribution is 5.99. The Bertz CT molecular complexity index is 994. The van der Waals surface area contributed by atoms with Crippen LogP contribution in [0.5, 0.6) is 11.5 Å². The van der Waals surface area contributed by atoms with Gasteiger partial charge in [0, 0.05) is 5.56 Å². The molecule has 0 heterocycles. The molecule has 0 atom stereocenters. The first-order chi connectivity index (χ1) is 14.6. The van der Waals surface area contributed by atoms with Crippen LogP contribution in [0.4, 0.5) is 0 Å². The van der Waals surface area contributed by atoms with E-state index in [1.54, 1.807) is 30.3 Å². The lowest BCUT2D eigenvalue weighted by atomic mass is 10.0. The quantitative estimate of drug-likeness (QED) is 0.363. The van der Waals surface area contributed by atoms with Crippen LogP contribution in [0.1, 0.15) is 34.1 Å². The molecule has 0 amide bonds. The fourth-order valence-corrected chi connectivity index (χ4v) is 2.90. The van der Waals surface area contributed by atoms with Crippen LogP contribution in [-0.2, 0) is 4.74 Å². The lowest BCUT2D eigenvalue weighted by molar-refractivity contribution is 0.0474. The van der Waals surface area contributed by atoms with E-state index in [-0.39, 0.29) is 12.4 Å². The van der Waals surface area contributed by atoms with Crippen molar-refractivity contribution in [2.75, 3.05) is 20.3 Å². The summed E-state index contributed by atoms with van der Waals surface area (Å²) >= 11 is 0. The minimum absolute atomic E-state index is 0.266. The standard InChI is InChI=1S/C25H24O5/c1-3-15-29-23-14-13-21(16-24(23)28-2)25(27)30-17-22(26)20-11-9-19(10-12-20)18-7-5-4-6-8-18/h4-14,16H,3,15,17H2,1-2H3. The van der Waals surface area contributed by atoms with Crippen molar-refractivity contribution < 1.29 is 23.8 Å². The molecule has 3 aromatic carbocycles. The lowest BCUT2D eigenvalue weighted by Crippen LogP contribution is -2.14. The van der Waals surface area contributed by atoms with Gasteiger partial charge in [0.2, 0.25) is 0 Å². The van der Waals surface area contributed by atoms with Crippen LogP contribution in [0, 0.1) is 0 Å². The molecule has 3 rings (SSSR count). The van der Waals surface area contributed by atoms with E-state index in [0.29, 0.717) is 29.2 Å². The third-order valence-electron chi connectivity index (χ3n) is 4.51. The van der Waals surface area contributed by atoms with Crippen molar-refractivity contribution in [3.05, 3.63) is 83.9 Å². The molecule has 0 aliphatic heterocycles. The van der Waals surface area contributed by atoms with Crippen LogP contribution in [0.3, 0.4) is 0 Å². The molecule has 0 bridgehead atoms. The number of ether oxygens (including phenoxy) is 3. The van der Waals surface area contributed by atoms with Crippen molar-refractivity contribution in [3.63, 3.8) is 0 Å².